The lowest BCUT2D eigenvalue weighted by molar-refractivity contribution is 0.0424. The highest BCUT2D eigenvalue weighted by atomic mass is 15.3. The zero-order chi connectivity index (χ0) is 23.4. The molecule has 2 bridgehead atoms. The third-order valence-corrected chi connectivity index (χ3v) is 8.92. The Labute approximate surface area is 198 Å². The van der Waals surface area contributed by atoms with Gasteiger partial charge in [0.05, 0.1) is 18.0 Å². The number of aliphatic imine (C=N–C) groups is 1. The summed E-state index contributed by atoms with van der Waals surface area (Å²) in [7, 11) is 0. The fourth-order valence-electron chi connectivity index (χ4n) is 6.05. The summed E-state index contributed by atoms with van der Waals surface area (Å²) in [4.78, 5) is 7.45. The second-order valence-electron chi connectivity index (χ2n) is 12.0. The van der Waals surface area contributed by atoms with Crippen LogP contribution in [0.3, 0.4) is 0 Å². The molecule has 3 saturated carbocycles. The van der Waals surface area contributed by atoms with Gasteiger partial charge >= 0.3 is 0 Å². The first kappa shape index (κ1) is 22.2. The normalized spacial score (nSPS) is 32.5. The summed E-state index contributed by atoms with van der Waals surface area (Å²) >= 11 is 0. The number of nitrogens with one attached hydrogen (secondary N) is 2. The number of hydrogen-bond acceptors (Lipinski definition) is 5. The van der Waals surface area contributed by atoms with Gasteiger partial charge in [-0.3, -0.25) is 0 Å². The van der Waals surface area contributed by atoms with Crippen LogP contribution in [0.5, 0.6) is 0 Å². The number of rotatable bonds is 4. The van der Waals surface area contributed by atoms with Crippen LogP contribution < -0.4 is 5.32 Å². The zero-order valence-corrected chi connectivity index (χ0v) is 20.5. The number of fused-ring (bicyclic) bond motifs is 1. The Bertz CT molecular complexity index is 1040. The van der Waals surface area contributed by atoms with E-state index in [1.165, 1.54) is 44.0 Å². The van der Waals surface area contributed by atoms with Crippen molar-refractivity contribution in [2.24, 2.45) is 27.2 Å². The van der Waals surface area contributed by atoms with Gasteiger partial charge < -0.3 is 15.6 Å². The van der Waals surface area contributed by atoms with E-state index in [1.807, 2.05) is 18.2 Å². The Morgan fingerprint density at radius 2 is 1.94 bits per heavy atom. The number of para-hydroxylation sites is 1. The smallest absolute Gasteiger partial charge is 0.126 e. The predicted octanol–water partition coefficient (Wildman–Crippen LogP) is 5.99. The molecule has 5 heteroatoms. The van der Waals surface area contributed by atoms with Gasteiger partial charge in [-0.15, -0.1) is 0 Å². The monoisotopic (exact) mass is 443 g/mol. The number of anilines is 1. The van der Waals surface area contributed by atoms with E-state index < -0.39 is 0 Å². The van der Waals surface area contributed by atoms with Gasteiger partial charge in [0.2, 0.25) is 0 Å². The first-order valence-electron chi connectivity index (χ1n) is 12.5. The van der Waals surface area contributed by atoms with E-state index in [4.69, 9.17) is 15.7 Å². The topological polar surface area (TPSA) is 75.3 Å². The molecule has 3 heterocycles. The lowest BCUT2D eigenvalue weighted by Crippen LogP contribution is -2.44. The fourth-order valence-corrected chi connectivity index (χ4v) is 6.05. The molecule has 6 aliphatic rings. The third-order valence-electron chi connectivity index (χ3n) is 8.92. The molecular formula is C28H37N5. The molecule has 7 rings (SSSR count). The molecule has 174 valence electrons. The molecule has 3 aliphatic heterocycles. The molecule has 2 N–H and O–H groups in total. The molecule has 2 atom stereocenters. The second kappa shape index (κ2) is 7.72. The molecular weight excluding hydrogens is 406 g/mol. The van der Waals surface area contributed by atoms with Crippen molar-refractivity contribution in [1.82, 2.24) is 4.90 Å². The van der Waals surface area contributed by atoms with Gasteiger partial charge in [0.15, 0.2) is 0 Å². The first-order valence-corrected chi connectivity index (χ1v) is 12.5. The summed E-state index contributed by atoms with van der Waals surface area (Å²) in [6, 6.07) is 11.2. The Morgan fingerprint density at radius 3 is 2.48 bits per heavy atom. The van der Waals surface area contributed by atoms with Gasteiger partial charge in [-0.1, -0.05) is 39.0 Å². The van der Waals surface area contributed by atoms with Gasteiger partial charge in [0.25, 0.3) is 0 Å². The molecule has 5 nitrogen and oxygen atoms in total. The standard InChI is InChI=1S/C22H30N4.C6H7N/c1-15-9-17(25-19-8-6-5-7-16(19)13-23)10-20(24-15)26-14-22(21(2,3)4)11-18(26)12-22;7-4-5-3-6(5)1-2-6/h5-8,10,13,17-18,23,25H,9,11-12,14H2,1-4H3;5H,1-3H2. The molecule has 1 spiro atoms. The van der Waals surface area contributed by atoms with Gasteiger partial charge in [-0.05, 0) is 67.4 Å². The minimum atomic E-state index is 0.229. The molecule has 2 unspecified atom stereocenters. The van der Waals surface area contributed by atoms with E-state index in [0.29, 0.717) is 28.2 Å². The maximum Gasteiger partial charge on any atom is 0.126 e. The highest BCUT2D eigenvalue weighted by molar-refractivity contribution is 5.87. The summed E-state index contributed by atoms with van der Waals surface area (Å²) < 4.78 is 0. The Hall–Kier alpha value is -2.61. The molecule has 1 aromatic rings. The third kappa shape index (κ3) is 3.98. The molecule has 3 aliphatic carbocycles. The minimum Gasteiger partial charge on any atom is -0.378 e. The van der Waals surface area contributed by atoms with E-state index in [-0.39, 0.29) is 6.04 Å². The Morgan fingerprint density at radius 1 is 1.21 bits per heavy atom. The van der Waals surface area contributed by atoms with Crippen LogP contribution in [0.4, 0.5) is 5.69 Å². The van der Waals surface area contributed by atoms with Gasteiger partial charge in [0.1, 0.15) is 5.82 Å². The Kier molecular flexibility index (Phi) is 5.19. The van der Waals surface area contributed by atoms with Crippen molar-refractivity contribution in [2.75, 3.05) is 11.9 Å². The summed E-state index contributed by atoms with van der Waals surface area (Å²) in [5.41, 5.74) is 4.55. The summed E-state index contributed by atoms with van der Waals surface area (Å²) in [5.74, 6) is 1.61. The summed E-state index contributed by atoms with van der Waals surface area (Å²) in [6.45, 7) is 10.4. The number of nitrogens with zero attached hydrogens (tertiary/aromatic N) is 3. The lowest BCUT2D eigenvalue weighted by atomic mass is 9.56. The average molecular weight is 444 g/mol. The lowest BCUT2D eigenvalue weighted by Gasteiger charge is -2.47. The van der Waals surface area contributed by atoms with E-state index in [1.54, 1.807) is 0 Å². The SMILES string of the molecule is CC1=NC(N2CC3(C(C)(C)C)CC2C3)=CC(Nc2ccccc2C=N)C1.N#CC1CC12CC2. The molecule has 0 radical (unpaired) electrons. The fraction of sp³-hybridized carbons (Fsp3) is 0.607. The minimum absolute atomic E-state index is 0.229. The van der Waals surface area contributed by atoms with Crippen molar-refractivity contribution in [3.63, 3.8) is 0 Å². The molecule has 1 aromatic carbocycles. The van der Waals surface area contributed by atoms with Crippen LogP contribution in [0.1, 0.15) is 71.8 Å². The molecule has 2 saturated heterocycles. The van der Waals surface area contributed by atoms with Crippen molar-refractivity contribution in [2.45, 2.75) is 78.3 Å². The van der Waals surface area contributed by atoms with E-state index in [2.05, 4.69) is 56.1 Å². The van der Waals surface area contributed by atoms with Crippen LogP contribution in [0, 0.1) is 38.9 Å². The number of benzene rings is 1. The van der Waals surface area contributed by atoms with Crippen molar-refractivity contribution in [1.29, 1.82) is 10.7 Å². The van der Waals surface area contributed by atoms with E-state index in [9.17, 15) is 0 Å². The maximum absolute atomic E-state index is 8.33. The zero-order valence-electron chi connectivity index (χ0n) is 20.5. The number of nitriles is 1. The highest BCUT2D eigenvalue weighted by Crippen LogP contribution is 2.70. The van der Waals surface area contributed by atoms with Crippen molar-refractivity contribution >= 4 is 17.6 Å². The van der Waals surface area contributed by atoms with Gasteiger partial charge in [-0.25, -0.2) is 4.99 Å². The molecule has 5 fully saturated rings. The average Bonchev–Trinajstić information content (AvgIpc) is 3.59. The predicted molar refractivity (Wildman–Crippen MR) is 135 cm³/mol. The quantitative estimate of drug-likeness (QED) is 0.561. The first-order chi connectivity index (χ1) is 15.7. The van der Waals surface area contributed by atoms with Crippen LogP contribution in [0.15, 0.2) is 41.2 Å². The van der Waals surface area contributed by atoms with Crippen molar-refractivity contribution < 1.29 is 0 Å². The van der Waals surface area contributed by atoms with E-state index >= 15 is 0 Å². The van der Waals surface area contributed by atoms with Crippen molar-refractivity contribution in [3.05, 3.63) is 41.7 Å². The van der Waals surface area contributed by atoms with E-state index in [0.717, 1.165) is 30.0 Å². The second-order valence-corrected chi connectivity index (χ2v) is 12.0. The number of hydrogen-bond donors (Lipinski definition) is 2. The molecule has 0 aromatic heterocycles. The van der Waals surface area contributed by atoms with Crippen LogP contribution in [0.2, 0.25) is 0 Å². The highest BCUT2D eigenvalue weighted by Gasteiger charge is 2.63. The van der Waals surface area contributed by atoms with Gasteiger partial charge in [0, 0.05) is 42.2 Å². The van der Waals surface area contributed by atoms with Crippen LogP contribution in [0.25, 0.3) is 0 Å². The Balaban J connectivity index is 0.000000274. The van der Waals surface area contributed by atoms with Gasteiger partial charge in [-0.2, -0.15) is 5.26 Å². The largest absolute Gasteiger partial charge is 0.378 e. The van der Waals surface area contributed by atoms with Crippen LogP contribution in [-0.2, 0) is 0 Å². The molecule has 0 amide bonds. The molecule has 33 heavy (non-hydrogen) atoms. The maximum atomic E-state index is 8.33. The summed E-state index contributed by atoms with van der Waals surface area (Å²) in [5, 5.41) is 19.6. The van der Waals surface area contributed by atoms with Crippen LogP contribution in [-0.4, -0.2) is 35.5 Å². The summed E-state index contributed by atoms with van der Waals surface area (Å²) in [6.07, 6.45) is 11.1. The van der Waals surface area contributed by atoms with Crippen LogP contribution >= 0.6 is 0 Å². The van der Waals surface area contributed by atoms with Crippen molar-refractivity contribution in [3.8, 4) is 6.07 Å².